The molecule has 1 aromatic heterocycles. The lowest BCUT2D eigenvalue weighted by molar-refractivity contribution is 0.0940. The highest BCUT2D eigenvalue weighted by Gasteiger charge is 2.24. The highest BCUT2D eigenvalue weighted by atomic mass is 16.1. The second-order valence-electron chi connectivity index (χ2n) is 6.27. The average molecular weight is 290 g/mol. The first-order chi connectivity index (χ1) is 10.0. The number of carbonyl (C=O) groups is 1. The van der Waals surface area contributed by atoms with E-state index in [1.807, 2.05) is 13.8 Å². The molecule has 1 aliphatic rings. The predicted molar refractivity (Wildman–Crippen MR) is 84.5 cm³/mol. The molecular weight excluding hydrogens is 264 g/mol. The van der Waals surface area contributed by atoms with Crippen molar-refractivity contribution < 1.29 is 4.79 Å². The van der Waals surface area contributed by atoms with Gasteiger partial charge in [0.25, 0.3) is 5.91 Å². The maximum Gasteiger partial charge on any atom is 0.272 e. The minimum absolute atomic E-state index is 0.109. The molecule has 1 aliphatic carbocycles. The van der Waals surface area contributed by atoms with Gasteiger partial charge in [0, 0.05) is 19.5 Å². The highest BCUT2D eigenvalue weighted by Crippen LogP contribution is 2.30. The Labute approximate surface area is 127 Å². The fraction of sp³-hybridized carbons (Fsp3) is 0.688. The Morgan fingerprint density at radius 2 is 2.19 bits per heavy atom. The molecule has 1 saturated carbocycles. The molecule has 1 fully saturated rings. The van der Waals surface area contributed by atoms with Gasteiger partial charge >= 0.3 is 0 Å². The average Bonchev–Trinajstić information content (AvgIpc) is 2.89. The third-order valence-corrected chi connectivity index (χ3v) is 4.37. The number of carbonyl (C=O) groups excluding carboxylic acids is 1. The van der Waals surface area contributed by atoms with Crippen LogP contribution in [0, 0.1) is 11.8 Å². The third-order valence-electron chi connectivity index (χ3n) is 4.37. The topological polar surface area (TPSA) is 66.9 Å². The second-order valence-corrected chi connectivity index (χ2v) is 6.27. The van der Waals surface area contributed by atoms with Gasteiger partial charge in [0.2, 0.25) is 0 Å². The molecule has 0 spiro atoms. The van der Waals surface area contributed by atoms with Gasteiger partial charge in [0.15, 0.2) is 5.69 Å². The van der Waals surface area contributed by atoms with Crippen molar-refractivity contribution in [3.05, 3.63) is 17.7 Å². The van der Waals surface area contributed by atoms with Crippen LogP contribution in [0.2, 0.25) is 0 Å². The van der Waals surface area contributed by atoms with Gasteiger partial charge in [-0.15, -0.1) is 0 Å². The van der Waals surface area contributed by atoms with E-state index in [2.05, 4.69) is 27.5 Å². The summed E-state index contributed by atoms with van der Waals surface area (Å²) in [6.07, 6.45) is 5.44. The van der Waals surface area contributed by atoms with Crippen molar-refractivity contribution in [2.75, 3.05) is 18.9 Å². The van der Waals surface area contributed by atoms with E-state index >= 15 is 0 Å². The molecule has 0 aliphatic heterocycles. The molecule has 5 nitrogen and oxygen atoms in total. The first-order valence-corrected chi connectivity index (χ1v) is 7.85. The van der Waals surface area contributed by atoms with Gasteiger partial charge in [-0.1, -0.05) is 33.6 Å². The molecule has 1 amide bonds. The SMILES string of the molecule is CNc1cnc(C(C)C)nc1C(=O)NCC1CCCC1C. The summed E-state index contributed by atoms with van der Waals surface area (Å²) in [6.45, 7) is 7.06. The fourth-order valence-corrected chi connectivity index (χ4v) is 2.86. The summed E-state index contributed by atoms with van der Waals surface area (Å²) < 4.78 is 0. The number of nitrogens with zero attached hydrogens (tertiary/aromatic N) is 2. The predicted octanol–water partition coefficient (Wildman–Crippen LogP) is 2.81. The van der Waals surface area contributed by atoms with Crippen molar-refractivity contribution in [2.24, 2.45) is 11.8 Å². The van der Waals surface area contributed by atoms with E-state index in [0.29, 0.717) is 29.0 Å². The molecule has 2 N–H and O–H groups in total. The normalized spacial score (nSPS) is 21.6. The third kappa shape index (κ3) is 3.71. The summed E-state index contributed by atoms with van der Waals surface area (Å²) >= 11 is 0. The van der Waals surface area contributed by atoms with Crippen molar-refractivity contribution >= 4 is 11.6 Å². The van der Waals surface area contributed by atoms with Crippen molar-refractivity contribution in [3.8, 4) is 0 Å². The maximum absolute atomic E-state index is 12.4. The van der Waals surface area contributed by atoms with E-state index in [9.17, 15) is 4.79 Å². The number of amides is 1. The largest absolute Gasteiger partial charge is 0.385 e. The molecule has 116 valence electrons. The summed E-state index contributed by atoms with van der Waals surface area (Å²) in [4.78, 5) is 21.1. The summed E-state index contributed by atoms with van der Waals surface area (Å²) in [5.74, 6) is 2.09. The van der Waals surface area contributed by atoms with Crippen molar-refractivity contribution in [1.82, 2.24) is 15.3 Å². The smallest absolute Gasteiger partial charge is 0.272 e. The Kier molecular flexibility index (Phi) is 5.15. The van der Waals surface area contributed by atoms with Crippen molar-refractivity contribution in [1.29, 1.82) is 0 Å². The maximum atomic E-state index is 12.4. The summed E-state index contributed by atoms with van der Waals surface area (Å²) in [6, 6.07) is 0. The molecule has 2 unspecified atom stereocenters. The van der Waals surface area contributed by atoms with Crippen LogP contribution in [-0.4, -0.2) is 29.5 Å². The zero-order chi connectivity index (χ0) is 15.4. The number of rotatable bonds is 5. The van der Waals surface area contributed by atoms with Crippen LogP contribution in [0.15, 0.2) is 6.20 Å². The molecule has 0 saturated heterocycles. The van der Waals surface area contributed by atoms with Crippen LogP contribution in [0.3, 0.4) is 0 Å². The zero-order valence-corrected chi connectivity index (χ0v) is 13.4. The van der Waals surface area contributed by atoms with E-state index in [4.69, 9.17) is 0 Å². The standard InChI is InChI=1S/C16H26N4O/c1-10(2)15-18-9-13(17-4)14(20-15)16(21)19-8-12-7-5-6-11(12)3/h9-12,17H,5-8H2,1-4H3,(H,19,21). The van der Waals surface area contributed by atoms with Gasteiger partial charge in [-0.25, -0.2) is 9.97 Å². The van der Waals surface area contributed by atoms with Crippen LogP contribution in [0.1, 0.15) is 62.3 Å². The molecule has 5 heteroatoms. The van der Waals surface area contributed by atoms with Gasteiger partial charge in [0.05, 0.1) is 11.9 Å². The van der Waals surface area contributed by atoms with Crippen molar-refractivity contribution in [3.63, 3.8) is 0 Å². The first-order valence-electron chi connectivity index (χ1n) is 7.85. The van der Waals surface area contributed by atoms with E-state index in [0.717, 1.165) is 6.54 Å². The molecule has 0 bridgehead atoms. The second kappa shape index (κ2) is 6.87. The molecular formula is C16H26N4O. The Morgan fingerprint density at radius 3 is 2.76 bits per heavy atom. The van der Waals surface area contributed by atoms with E-state index in [1.165, 1.54) is 19.3 Å². The quantitative estimate of drug-likeness (QED) is 0.875. The molecule has 1 heterocycles. The highest BCUT2D eigenvalue weighted by molar-refractivity contribution is 5.97. The number of anilines is 1. The first kappa shape index (κ1) is 15.7. The van der Waals surface area contributed by atoms with Crippen LogP contribution in [0.5, 0.6) is 0 Å². The Balaban J connectivity index is 2.08. The lowest BCUT2D eigenvalue weighted by Crippen LogP contribution is -2.31. The van der Waals surface area contributed by atoms with Crippen molar-refractivity contribution in [2.45, 2.75) is 46.0 Å². The number of hydrogen-bond acceptors (Lipinski definition) is 4. The minimum Gasteiger partial charge on any atom is -0.385 e. The number of hydrogen-bond donors (Lipinski definition) is 2. The lowest BCUT2D eigenvalue weighted by atomic mass is 9.98. The lowest BCUT2D eigenvalue weighted by Gasteiger charge is -2.17. The van der Waals surface area contributed by atoms with Crippen LogP contribution >= 0.6 is 0 Å². The van der Waals surface area contributed by atoms with Crippen LogP contribution in [0.4, 0.5) is 5.69 Å². The fourth-order valence-electron chi connectivity index (χ4n) is 2.86. The molecule has 0 radical (unpaired) electrons. The van der Waals surface area contributed by atoms with E-state index in [-0.39, 0.29) is 11.8 Å². The van der Waals surface area contributed by atoms with Crippen LogP contribution < -0.4 is 10.6 Å². The molecule has 1 aromatic rings. The molecule has 2 atom stereocenters. The molecule has 0 aromatic carbocycles. The van der Waals surface area contributed by atoms with Gasteiger partial charge in [0.1, 0.15) is 5.82 Å². The Bertz CT molecular complexity index is 501. The minimum atomic E-state index is -0.109. The van der Waals surface area contributed by atoms with E-state index in [1.54, 1.807) is 13.2 Å². The summed E-state index contributed by atoms with van der Waals surface area (Å²) in [5, 5.41) is 6.04. The Morgan fingerprint density at radius 1 is 1.43 bits per heavy atom. The Hall–Kier alpha value is -1.65. The van der Waals surface area contributed by atoms with Gasteiger partial charge < -0.3 is 10.6 Å². The van der Waals surface area contributed by atoms with Crippen LogP contribution in [-0.2, 0) is 0 Å². The molecule has 21 heavy (non-hydrogen) atoms. The number of aromatic nitrogens is 2. The van der Waals surface area contributed by atoms with Gasteiger partial charge in [-0.3, -0.25) is 4.79 Å². The van der Waals surface area contributed by atoms with Gasteiger partial charge in [-0.2, -0.15) is 0 Å². The van der Waals surface area contributed by atoms with Gasteiger partial charge in [-0.05, 0) is 18.3 Å². The monoisotopic (exact) mass is 290 g/mol. The molecule has 2 rings (SSSR count). The summed E-state index contributed by atoms with van der Waals surface area (Å²) in [7, 11) is 1.78. The zero-order valence-electron chi connectivity index (χ0n) is 13.4. The van der Waals surface area contributed by atoms with E-state index < -0.39 is 0 Å². The van der Waals surface area contributed by atoms with Crippen LogP contribution in [0.25, 0.3) is 0 Å². The summed E-state index contributed by atoms with van der Waals surface area (Å²) in [5.41, 5.74) is 1.12. The number of nitrogens with one attached hydrogen (secondary N) is 2.